The summed E-state index contributed by atoms with van der Waals surface area (Å²) >= 11 is 0. The molecule has 0 radical (unpaired) electrons. The Hall–Kier alpha value is -2.60. The van der Waals surface area contributed by atoms with Crippen molar-refractivity contribution in [1.82, 2.24) is 20.1 Å². The molecule has 2 aliphatic heterocycles. The van der Waals surface area contributed by atoms with Crippen LogP contribution in [0.5, 0.6) is 0 Å². The van der Waals surface area contributed by atoms with Gasteiger partial charge in [-0.3, -0.25) is 4.90 Å². The second kappa shape index (κ2) is 8.61. The first-order valence-corrected chi connectivity index (χ1v) is 10.2. The zero-order valence-corrected chi connectivity index (χ0v) is 16.8. The molecule has 0 amide bonds. The van der Waals surface area contributed by atoms with E-state index in [9.17, 15) is 0 Å². The van der Waals surface area contributed by atoms with E-state index in [1.165, 1.54) is 12.0 Å². The molecule has 1 saturated heterocycles. The van der Waals surface area contributed by atoms with Gasteiger partial charge in [-0.25, -0.2) is 9.98 Å². The molecule has 0 bridgehead atoms. The quantitative estimate of drug-likeness (QED) is 0.492. The van der Waals surface area contributed by atoms with Crippen LogP contribution in [0.4, 0.5) is 0 Å². The molecule has 3 heterocycles. The summed E-state index contributed by atoms with van der Waals surface area (Å²) in [5.74, 6) is 2.38. The first kappa shape index (κ1) is 18.7. The normalized spacial score (nSPS) is 20.3. The number of aliphatic imine (C=N–C) groups is 1. The zero-order valence-electron chi connectivity index (χ0n) is 16.8. The summed E-state index contributed by atoms with van der Waals surface area (Å²) in [6.07, 6.45) is 7.49. The maximum absolute atomic E-state index is 5.92. The maximum Gasteiger partial charge on any atom is 0.216 e. The van der Waals surface area contributed by atoms with Crippen LogP contribution in [0.15, 0.2) is 52.0 Å². The topological polar surface area (TPSA) is 56.9 Å². The number of hydrogen-bond acceptors (Lipinski definition) is 4. The van der Waals surface area contributed by atoms with E-state index in [0.29, 0.717) is 18.5 Å². The van der Waals surface area contributed by atoms with Gasteiger partial charge in [0.25, 0.3) is 0 Å². The van der Waals surface area contributed by atoms with Gasteiger partial charge in [0.2, 0.25) is 5.89 Å². The number of guanidine groups is 1. The monoisotopic (exact) mass is 379 g/mol. The standard InChI is InChI=1S/C22H29N5O/c1-3-23-22(27-13-10-19(16-27)26-11-4-5-12-26)25-15-21-24-14-20(28-21)18-8-6-17(2)7-9-18/h4-9,14,19H,3,10-13,15-16H2,1-2H3,(H,23,25). The minimum atomic E-state index is 0.445. The predicted octanol–water partition coefficient (Wildman–Crippen LogP) is 3.06. The zero-order chi connectivity index (χ0) is 19.3. The van der Waals surface area contributed by atoms with Crippen LogP contribution >= 0.6 is 0 Å². The largest absolute Gasteiger partial charge is 0.439 e. The van der Waals surface area contributed by atoms with Crippen LogP contribution < -0.4 is 5.32 Å². The lowest BCUT2D eigenvalue weighted by Crippen LogP contribution is -2.42. The average molecular weight is 380 g/mol. The lowest BCUT2D eigenvalue weighted by molar-refractivity contribution is 0.259. The van der Waals surface area contributed by atoms with Crippen molar-refractivity contribution in [2.45, 2.75) is 32.9 Å². The van der Waals surface area contributed by atoms with E-state index in [1.807, 2.05) is 0 Å². The highest BCUT2D eigenvalue weighted by atomic mass is 16.4. The SMILES string of the molecule is CCNC(=NCc1ncc(-c2ccc(C)cc2)o1)N1CCC(N2CC=CC2)C1. The van der Waals surface area contributed by atoms with Crippen molar-refractivity contribution >= 4 is 5.96 Å². The summed E-state index contributed by atoms with van der Waals surface area (Å²) in [4.78, 5) is 14.1. The Morgan fingerprint density at radius 3 is 2.79 bits per heavy atom. The van der Waals surface area contributed by atoms with E-state index in [4.69, 9.17) is 9.41 Å². The Labute approximate surface area is 167 Å². The van der Waals surface area contributed by atoms with Crippen molar-refractivity contribution in [3.05, 3.63) is 54.1 Å². The average Bonchev–Trinajstić information content (AvgIpc) is 3.47. The summed E-state index contributed by atoms with van der Waals surface area (Å²) in [6, 6.07) is 8.89. The minimum Gasteiger partial charge on any atom is -0.439 e. The summed E-state index contributed by atoms with van der Waals surface area (Å²) in [5, 5.41) is 3.42. The van der Waals surface area contributed by atoms with E-state index in [2.05, 4.69) is 70.4 Å². The Morgan fingerprint density at radius 2 is 2.04 bits per heavy atom. The highest BCUT2D eigenvalue weighted by Gasteiger charge is 2.29. The molecule has 0 saturated carbocycles. The molecule has 2 aliphatic rings. The van der Waals surface area contributed by atoms with Crippen LogP contribution in [-0.4, -0.2) is 59.5 Å². The number of hydrogen-bond donors (Lipinski definition) is 1. The first-order valence-electron chi connectivity index (χ1n) is 10.2. The number of nitrogens with one attached hydrogen (secondary N) is 1. The molecule has 28 heavy (non-hydrogen) atoms. The smallest absolute Gasteiger partial charge is 0.216 e. The second-order valence-corrected chi connectivity index (χ2v) is 7.47. The number of benzene rings is 1. The predicted molar refractivity (Wildman–Crippen MR) is 112 cm³/mol. The number of aryl methyl sites for hydroxylation is 1. The first-order chi connectivity index (χ1) is 13.7. The van der Waals surface area contributed by atoms with E-state index in [0.717, 1.165) is 50.0 Å². The second-order valence-electron chi connectivity index (χ2n) is 7.47. The van der Waals surface area contributed by atoms with Crippen molar-refractivity contribution in [2.24, 2.45) is 4.99 Å². The van der Waals surface area contributed by atoms with Crippen molar-refractivity contribution < 1.29 is 4.42 Å². The van der Waals surface area contributed by atoms with E-state index in [1.54, 1.807) is 6.20 Å². The summed E-state index contributed by atoms with van der Waals surface area (Å²) in [7, 11) is 0. The van der Waals surface area contributed by atoms with Gasteiger partial charge in [0, 0.05) is 44.3 Å². The number of aromatic nitrogens is 1. The molecule has 0 aliphatic carbocycles. The fourth-order valence-corrected chi connectivity index (χ4v) is 3.83. The van der Waals surface area contributed by atoms with Crippen molar-refractivity contribution in [3.8, 4) is 11.3 Å². The Balaban J connectivity index is 1.40. The third-order valence-corrected chi connectivity index (χ3v) is 5.41. The molecule has 1 aromatic carbocycles. The van der Waals surface area contributed by atoms with Crippen LogP contribution in [0.2, 0.25) is 0 Å². The third-order valence-electron chi connectivity index (χ3n) is 5.41. The van der Waals surface area contributed by atoms with Crippen molar-refractivity contribution in [2.75, 3.05) is 32.7 Å². The van der Waals surface area contributed by atoms with Crippen LogP contribution in [-0.2, 0) is 6.54 Å². The molecule has 4 rings (SSSR count). The Kier molecular flexibility index (Phi) is 5.76. The van der Waals surface area contributed by atoms with Crippen molar-refractivity contribution in [1.29, 1.82) is 0 Å². The molecule has 0 spiro atoms. The fourth-order valence-electron chi connectivity index (χ4n) is 3.83. The van der Waals surface area contributed by atoms with Gasteiger partial charge in [0.15, 0.2) is 11.7 Å². The molecule has 6 heteroatoms. The number of nitrogens with zero attached hydrogens (tertiary/aromatic N) is 4. The summed E-state index contributed by atoms with van der Waals surface area (Å²) < 4.78 is 5.92. The molecule has 1 aromatic heterocycles. The third kappa shape index (κ3) is 4.28. The van der Waals surface area contributed by atoms with Gasteiger partial charge < -0.3 is 14.6 Å². The van der Waals surface area contributed by atoms with Gasteiger partial charge in [0.05, 0.1) is 6.20 Å². The maximum atomic E-state index is 5.92. The van der Waals surface area contributed by atoms with Gasteiger partial charge in [-0.05, 0) is 20.3 Å². The van der Waals surface area contributed by atoms with Crippen molar-refractivity contribution in [3.63, 3.8) is 0 Å². The Bertz CT molecular complexity index is 831. The van der Waals surface area contributed by atoms with Gasteiger partial charge in [0.1, 0.15) is 6.54 Å². The lowest BCUT2D eigenvalue weighted by atomic mass is 10.1. The molecular weight excluding hydrogens is 350 g/mol. The molecule has 2 aromatic rings. The fraction of sp³-hybridized carbons (Fsp3) is 0.455. The Morgan fingerprint density at radius 1 is 1.25 bits per heavy atom. The molecule has 1 atom stereocenters. The molecular formula is C22H29N5O. The van der Waals surface area contributed by atoms with Gasteiger partial charge in [-0.1, -0.05) is 42.0 Å². The molecule has 148 valence electrons. The molecule has 1 unspecified atom stereocenters. The molecule has 1 fully saturated rings. The van der Waals surface area contributed by atoms with Crippen LogP contribution in [0.25, 0.3) is 11.3 Å². The van der Waals surface area contributed by atoms with Crippen LogP contribution in [0.1, 0.15) is 24.8 Å². The van der Waals surface area contributed by atoms with Crippen LogP contribution in [0, 0.1) is 6.92 Å². The van der Waals surface area contributed by atoms with E-state index >= 15 is 0 Å². The highest BCUT2D eigenvalue weighted by molar-refractivity contribution is 5.80. The summed E-state index contributed by atoms with van der Waals surface area (Å²) in [6.45, 7) is 9.69. The van der Waals surface area contributed by atoms with Gasteiger partial charge in [-0.15, -0.1) is 0 Å². The van der Waals surface area contributed by atoms with Gasteiger partial charge in [-0.2, -0.15) is 0 Å². The van der Waals surface area contributed by atoms with E-state index in [-0.39, 0.29) is 0 Å². The lowest BCUT2D eigenvalue weighted by Gasteiger charge is -2.25. The number of rotatable bonds is 5. The molecule has 1 N–H and O–H groups in total. The molecule has 6 nitrogen and oxygen atoms in total. The van der Waals surface area contributed by atoms with E-state index < -0.39 is 0 Å². The number of oxazole rings is 1. The minimum absolute atomic E-state index is 0.445. The number of likely N-dealkylation sites (tertiary alicyclic amines) is 1. The van der Waals surface area contributed by atoms with Gasteiger partial charge >= 0.3 is 0 Å². The highest BCUT2D eigenvalue weighted by Crippen LogP contribution is 2.21. The van der Waals surface area contributed by atoms with Crippen LogP contribution in [0.3, 0.4) is 0 Å². The summed E-state index contributed by atoms with van der Waals surface area (Å²) in [5.41, 5.74) is 2.28.